The standard InChI is InChI=1S/C14H22ClNO3S/c1-16(8-13-4-5-14(15)20-13)7-11(17)9-18-10-12-3-2-6-19-12/h4-5,11-12,17H,2-3,6-10H2,1H3. The van der Waals surface area contributed by atoms with Gasteiger partial charge in [-0.2, -0.15) is 0 Å². The van der Waals surface area contributed by atoms with Crippen molar-refractivity contribution in [1.29, 1.82) is 0 Å². The fraction of sp³-hybridized carbons (Fsp3) is 0.714. The van der Waals surface area contributed by atoms with Crippen LogP contribution in [0.15, 0.2) is 12.1 Å². The van der Waals surface area contributed by atoms with E-state index < -0.39 is 6.10 Å². The Morgan fingerprint density at radius 3 is 3.10 bits per heavy atom. The Balaban J connectivity index is 1.59. The van der Waals surface area contributed by atoms with Gasteiger partial charge >= 0.3 is 0 Å². The summed E-state index contributed by atoms with van der Waals surface area (Å²) in [5.41, 5.74) is 0. The number of halogens is 1. The molecule has 6 heteroatoms. The van der Waals surface area contributed by atoms with E-state index in [1.807, 2.05) is 19.2 Å². The van der Waals surface area contributed by atoms with E-state index in [0.29, 0.717) is 19.8 Å². The van der Waals surface area contributed by atoms with Gasteiger partial charge in [-0.25, -0.2) is 0 Å². The van der Waals surface area contributed by atoms with Crippen LogP contribution in [0.1, 0.15) is 17.7 Å². The molecule has 2 rings (SSSR count). The smallest absolute Gasteiger partial charge is 0.0931 e. The van der Waals surface area contributed by atoms with Crippen molar-refractivity contribution >= 4 is 22.9 Å². The Hall–Kier alpha value is -0.170. The first kappa shape index (κ1) is 16.2. The van der Waals surface area contributed by atoms with E-state index in [4.69, 9.17) is 21.1 Å². The molecule has 1 aliphatic heterocycles. The summed E-state index contributed by atoms with van der Waals surface area (Å²) in [5, 5.41) is 9.95. The quantitative estimate of drug-likeness (QED) is 0.799. The first-order chi connectivity index (χ1) is 9.63. The maximum absolute atomic E-state index is 9.95. The van der Waals surface area contributed by atoms with E-state index in [2.05, 4.69) is 4.90 Å². The Labute approximate surface area is 129 Å². The largest absolute Gasteiger partial charge is 0.389 e. The molecule has 1 aliphatic rings. The monoisotopic (exact) mass is 319 g/mol. The van der Waals surface area contributed by atoms with Crippen LogP contribution in [0.5, 0.6) is 0 Å². The fourth-order valence-electron chi connectivity index (χ4n) is 2.29. The molecule has 0 aromatic carbocycles. The van der Waals surface area contributed by atoms with Crippen LogP contribution in [0.3, 0.4) is 0 Å². The SMILES string of the molecule is CN(Cc1ccc(Cl)s1)CC(O)COCC1CCCO1. The van der Waals surface area contributed by atoms with Gasteiger partial charge in [-0.3, -0.25) is 4.90 Å². The zero-order valence-corrected chi connectivity index (χ0v) is 13.3. The maximum Gasteiger partial charge on any atom is 0.0931 e. The highest BCUT2D eigenvalue weighted by atomic mass is 35.5. The number of hydrogen-bond donors (Lipinski definition) is 1. The van der Waals surface area contributed by atoms with Gasteiger partial charge in [0.15, 0.2) is 0 Å². The summed E-state index contributed by atoms with van der Waals surface area (Å²) in [5.74, 6) is 0. The van der Waals surface area contributed by atoms with Gasteiger partial charge in [0.25, 0.3) is 0 Å². The number of likely N-dealkylation sites (N-methyl/N-ethyl adjacent to an activating group) is 1. The summed E-state index contributed by atoms with van der Waals surface area (Å²) in [6.45, 7) is 3.15. The Bertz CT molecular complexity index is 396. The van der Waals surface area contributed by atoms with Crippen LogP contribution in [-0.2, 0) is 16.0 Å². The molecule has 1 aromatic heterocycles. The number of aliphatic hydroxyl groups excluding tert-OH is 1. The van der Waals surface area contributed by atoms with Gasteiger partial charge in [0.1, 0.15) is 0 Å². The first-order valence-electron chi connectivity index (χ1n) is 6.93. The minimum atomic E-state index is -0.475. The molecule has 2 unspecified atom stereocenters. The van der Waals surface area contributed by atoms with Crippen molar-refractivity contribution in [2.24, 2.45) is 0 Å². The number of aliphatic hydroxyl groups is 1. The van der Waals surface area contributed by atoms with E-state index in [1.165, 1.54) is 4.88 Å². The van der Waals surface area contributed by atoms with Crippen LogP contribution in [0, 0.1) is 0 Å². The molecule has 1 fully saturated rings. The first-order valence-corrected chi connectivity index (χ1v) is 8.13. The molecule has 1 N–H and O–H groups in total. The highest BCUT2D eigenvalue weighted by molar-refractivity contribution is 7.16. The van der Waals surface area contributed by atoms with Gasteiger partial charge in [0.2, 0.25) is 0 Å². The number of hydrogen-bond acceptors (Lipinski definition) is 5. The summed E-state index contributed by atoms with van der Waals surface area (Å²) in [6, 6.07) is 3.92. The lowest BCUT2D eigenvalue weighted by Gasteiger charge is -2.20. The van der Waals surface area contributed by atoms with E-state index >= 15 is 0 Å². The average Bonchev–Trinajstić information content (AvgIpc) is 3.01. The average molecular weight is 320 g/mol. The van der Waals surface area contributed by atoms with Crippen molar-refractivity contribution in [3.63, 3.8) is 0 Å². The normalized spacial score (nSPS) is 20.7. The van der Waals surface area contributed by atoms with Gasteiger partial charge in [0.05, 0.1) is 29.8 Å². The van der Waals surface area contributed by atoms with Crippen molar-refractivity contribution in [1.82, 2.24) is 4.90 Å². The van der Waals surface area contributed by atoms with Crippen molar-refractivity contribution < 1.29 is 14.6 Å². The predicted molar refractivity (Wildman–Crippen MR) is 81.5 cm³/mol. The molecule has 1 saturated heterocycles. The van der Waals surface area contributed by atoms with Gasteiger partial charge in [-0.1, -0.05) is 11.6 Å². The lowest BCUT2D eigenvalue weighted by Crippen LogP contribution is -2.32. The zero-order chi connectivity index (χ0) is 14.4. The van der Waals surface area contributed by atoms with Gasteiger partial charge in [-0.05, 0) is 32.0 Å². The van der Waals surface area contributed by atoms with Crippen LogP contribution in [0.25, 0.3) is 0 Å². The third-order valence-electron chi connectivity index (χ3n) is 3.22. The van der Waals surface area contributed by atoms with Crippen molar-refractivity contribution in [2.75, 3.05) is 33.4 Å². The molecular formula is C14H22ClNO3S. The minimum Gasteiger partial charge on any atom is -0.389 e. The van der Waals surface area contributed by atoms with Crippen LogP contribution in [0.4, 0.5) is 0 Å². The molecule has 1 aromatic rings. The number of rotatable bonds is 8. The number of thiophene rings is 1. The summed E-state index contributed by atoms with van der Waals surface area (Å²) >= 11 is 7.47. The summed E-state index contributed by atoms with van der Waals surface area (Å²) in [4.78, 5) is 3.27. The van der Waals surface area contributed by atoms with E-state index in [9.17, 15) is 5.11 Å². The van der Waals surface area contributed by atoms with Crippen LogP contribution >= 0.6 is 22.9 Å². The van der Waals surface area contributed by atoms with Crippen LogP contribution < -0.4 is 0 Å². The van der Waals surface area contributed by atoms with E-state index in [0.717, 1.165) is 30.3 Å². The van der Waals surface area contributed by atoms with E-state index in [1.54, 1.807) is 11.3 Å². The van der Waals surface area contributed by atoms with Crippen molar-refractivity contribution in [3.8, 4) is 0 Å². The predicted octanol–water partition coefficient (Wildman–Crippen LogP) is 2.39. The minimum absolute atomic E-state index is 0.216. The van der Waals surface area contributed by atoms with Gasteiger partial charge in [0, 0.05) is 24.6 Å². The molecule has 4 nitrogen and oxygen atoms in total. The van der Waals surface area contributed by atoms with Gasteiger partial charge < -0.3 is 14.6 Å². The molecule has 2 heterocycles. The fourth-order valence-corrected chi connectivity index (χ4v) is 3.46. The molecule has 0 bridgehead atoms. The lowest BCUT2D eigenvalue weighted by atomic mass is 10.2. The third kappa shape index (κ3) is 5.68. The Kier molecular flexibility index (Phi) is 6.74. The van der Waals surface area contributed by atoms with Crippen LogP contribution in [-0.4, -0.2) is 55.6 Å². The van der Waals surface area contributed by atoms with Gasteiger partial charge in [-0.15, -0.1) is 11.3 Å². The molecule has 114 valence electrons. The molecule has 20 heavy (non-hydrogen) atoms. The second-order valence-corrected chi connectivity index (χ2v) is 7.03. The van der Waals surface area contributed by atoms with Crippen molar-refractivity contribution in [3.05, 3.63) is 21.3 Å². The van der Waals surface area contributed by atoms with E-state index in [-0.39, 0.29) is 6.10 Å². The molecule has 0 radical (unpaired) electrons. The van der Waals surface area contributed by atoms with Crippen molar-refractivity contribution in [2.45, 2.75) is 31.6 Å². The summed E-state index contributed by atoms with van der Waals surface area (Å²) in [7, 11) is 1.98. The Morgan fingerprint density at radius 2 is 2.45 bits per heavy atom. The molecular weight excluding hydrogens is 298 g/mol. The summed E-state index contributed by atoms with van der Waals surface area (Å²) in [6.07, 6.45) is 1.92. The molecule has 0 spiro atoms. The summed E-state index contributed by atoms with van der Waals surface area (Å²) < 4.78 is 11.8. The highest BCUT2D eigenvalue weighted by Crippen LogP contribution is 2.22. The third-order valence-corrected chi connectivity index (χ3v) is 4.43. The Morgan fingerprint density at radius 1 is 1.60 bits per heavy atom. The molecule has 0 amide bonds. The van der Waals surface area contributed by atoms with Crippen LogP contribution in [0.2, 0.25) is 4.34 Å². The molecule has 0 saturated carbocycles. The topological polar surface area (TPSA) is 41.9 Å². The second-order valence-electron chi connectivity index (χ2n) is 5.23. The highest BCUT2D eigenvalue weighted by Gasteiger charge is 2.16. The number of nitrogens with zero attached hydrogens (tertiary/aromatic N) is 1. The zero-order valence-electron chi connectivity index (χ0n) is 11.8. The lowest BCUT2D eigenvalue weighted by molar-refractivity contribution is -0.0238. The maximum atomic E-state index is 9.95. The second kappa shape index (κ2) is 8.32. The number of ether oxygens (including phenoxy) is 2. The molecule has 2 atom stereocenters. The molecule has 0 aliphatic carbocycles.